The van der Waals surface area contributed by atoms with Gasteiger partial charge in [0.1, 0.15) is 5.75 Å². The molecule has 0 saturated carbocycles. The van der Waals surface area contributed by atoms with Crippen LogP contribution in [0.4, 0.5) is 0 Å². The Kier molecular flexibility index (Phi) is 2.03. The lowest BCUT2D eigenvalue weighted by molar-refractivity contribution is 0.420. The Morgan fingerprint density at radius 2 is 1.94 bits per heavy atom. The van der Waals surface area contributed by atoms with Crippen LogP contribution in [-0.2, 0) is 0 Å². The lowest BCUT2D eigenvalue weighted by Crippen LogP contribution is -1.84. The number of benzene rings is 3. The first-order valence-corrected chi connectivity index (χ1v) is 5.25. The highest BCUT2D eigenvalue weighted by atomic mass is 16.5. The van der Waals surface area contributed by atoms with E-state index in [1.165, 1.54) is 16.2 Å². The molecule has 0 heterocycles. The first-order valence-electron chi connectivity index (χ1n) is 5.25. The minimum absolute atomic E-state index is 0.920. The first-order chi connectivity index (χ1) is 7.88. The fourth-order valence-electron chi connectivity index (χ4n) is 2.05. The standard InChI is InChI=1S/C15H11O/c1-16-15-8-4-7-13-9-11-5-2-3-6-12(11)10-14(13)15/h2,4-10H,1H3. The van der Waals surface area contributed by atoms with E-state index < -0.39 is 0 Å². The highest BCUT2D eigenvalue weighted by Crippen LogP contribution is 2.29. The summed E-state index contributed by atoms with van der Waals surface area (Å²) in [5.74, 6) is 0.920. The quantitative estimate of drug-likeness (QED) is 0.551. The van der Waals surface area contributed by atoms with Crippen molar-refractivity contribution in [2.45, 2.75) is 0 Å². The lowest BCUT2D eigenvalue weighted by atomic mass is 10.0. The number of hydrogen-bond donors (Lipinski definition) is 0. The molecule has 1 radical (unpaired) electrons. The van der Waals surface area contributed by atoms with E-state index in [2.05, 4.69) is 30.3 Å². The Morgan fingerprint density at radius 3 is 2.81 bits per heavy atom. The zero-order valence-corrected chi connectivity index (χ0v) is 9.03. The summed E-state index contributed by atoms with van der Waals surface area (Å²) in [6.07, 6.45) is 0. The van der Waals surface area contributed by atoms with Crippen molar-refractivity contribution in [1.29, 1.82) is 0 Å². The van der Waals surface area contributed by atoms with Gasteiger partial charge >= 0.3 is 0 Å². The Balaban J connectivity index is 2.46. The van der Waals surface area contributed by atoms with Gasteiger partial charge in [-0.05, 0) is 46.5 Å². The molecular weight excluding hydrogens is 196 g/mol. The monoisotopic (exact) mass is 207 g/mol. The van der Waals surface area contributed by atoms with Crippen molar-refractivity contribution in [3.63, 3.8) is 0 Å². The molecule has 0 aliphatic rings. The Bertz CT molecular complexity index is 656. The lowest BCUT2D eigenvalue weighted by Gasteiger charge is -2.06. The normalized spacial score (nSPS) is 10.8. The summed E-state index contributed by atoms with van der Waals surface area (Å²) in [6, 6.07) is 19.6. The second-order valence-corrected chi connectivity index (χ2v) is 3.81. The molecule has 3 aromatic rings. The van der Waals surface area contributed by atoms with Crippen molar-refractivity contribution < 1.29 is 4.74 Å². The molecule has 0 aliphatic carbocycles. The summed E-state index contributed by atoms with van der Waals surface area (Å²) in [6.45, 7) is 0. The van der Waals surface area contributed by atoms with Gasteiger partial charge in [0.05, 0.1) is 7.11 Å². The van der Waals surface area contributed by atoms with Crippen LogP contribution in [0.5, 0.6) is 5.75 Å². The Morgan fingerprint density at radius 1 is 1.00 bits per heavy atom. The maximum atomic E-state index is 5.37. The van der Waals surface area contributed by atoms with Crippen molar-refractivity contribution in [2.75, 3.05) is 7.11 Å². The van der Waals surface area contributed by atoms with Crippen molar-refractivity contribution in [3.05, 3.63) is 54.6 Å². The summed E-state index contributed by atoms with van der Waals surface area (Å²) in [7, 11) is 1.70. The van der Waals surface area contributed by atoms with E-state index in [0.717, 1.165) is 11.1 Å². The minimum Gasteiger partial charge on any atom is -0.496 e. The number of ether oxygens (including phenoxy) is 1. The number of fused-ring (bicyclic) bond motifs is 2. The SMILES string of the molecule is COc1cccc2cc3cc[c]cc3cc12. The maximum absolute atomic E-state index is 5.37. The molecule has 0 saturated heterocycles. The van der Waals surface area contributed by atoms with Gasteiger partial charge in [0.15, 0.2) is 0 Å². The first kappa shape index (κ1) is 9.22. The average molecular weight is 207 g/mol. The summed E-state index contributed by atoms with van der Waals surface area (Å²) in [4.78, 5) is 0. The van der Waals surface area contributed by atoms with Gasteiger partial charge in [-0.25, -0.2) is 0 Å². The smallest absolute Gasteiger partial charge is 0.126 e. The van der Waals surface area contributed by atoms with E-state index in [0.29, 0.717) is 0 Å². The Labute approximate surface area is 94.3 Å². The second-order valence-electron chi connectivity index (χ2n) is 3.81. The van der Waals surface area contributed by atoms with Gasteiger partial charge in [-0.1, -0.05) is 24.3 Å². The van der Waals surface area contributed by atoms with Crippen molar-refractivity contribution in [2.24, 2.45) is 0 Å². The summed E-state index contributed by atoms with van der Waals surface area (Å²) >= 11 is 0. The molecule has 16 heavy (non-hydrogen) atoms. The van der Waals surface area contributed by atoms with Crippen LogP contribution in [0.15, 0.2) is 48.5 Å². The summed E-state index contributed by atoms with van der Waals surface area (Å²) in [5.41, 5.74) is 0. The summed E-state index contributed by atoms with van der Waals surface area (Å²) in [5, 5.41) is 4.79. The van der Waals surface area contributed by atoms with E-state index >= 15 is 0 Å². The minimum atomic E-state index is 0.920. The Hall–Kier alpha value is -2.02. The maximum Gasteiger partial charge on any atom is 0.126 e. The predicted molar refractivity (Wildman–Crippen MR) is 66.8 cm³/mol. The van der Waals surface area contributed by atoms with Gasteiger partial charge in [0.25, 0.3) is 0 Å². The van der Waals surface area contributed by atoms with E-state index in [9.17, 15) is 0 Å². The molecule has 0 unspecified atom stereocenters. The third-order valence-electron chi connectivity index (χ3n) is 2.86. The number of methoxy groups -OCH3 is 1. The highest BCUT2D eigenvalue weighted by Gasteiger charge is 2.02. The van der Waals surface area contributed by atoms with Gasteiger partial charge in [0.2, 0.25) is 0 Å². The second kappa shape index (κ2) is 3.53. The van der Waals surface area contributed by atoms with Crippen LogP contribution in [0, 0.1) is 6.07 Å². The van der Waals surface area contributed by atoms with Crippen LogP contribution in [0.2, 0.25) is 0 Å². The van der Waals surface area contributed by atoms with Crippen molar-refractivity contribution in [1.82, 2.24) is 0 Å². The molecule has 0 amide bonds. The molecule has 0 fully saturated rings. The van der Waals surface area contributed by atoms with Gasteiger partial charge in [-0.15, -0.1) is 0 Å². The molecule has 3 rings (SSSR count). The van der Waals surface area contributed by atoms with Crippen LogP contribution in [0.3, 0.4) is 0 Å². The van der Waals surface area contributed by atoms with E-state index in [1.54, 1.807) is 7.11 Å². The van der Waals surface area contributed by atoms with E-state index in [-0.39, 0.29) is 0 Å². The largest absolute Gasteiger partial charge is 0.496 e. The average Bonchev–Trinajstić information content (AvgIpc) is 2.35. The third-order valence-corrected chi connectivity index (χ3v) is 2.86. The molecule has 1 heteroatoms. The molecular formula is C15H11O. The molecule has 0 N–H and O–H groups in total. The molecule has 0 aromatic heterocycles. The molecule has 0 bridgehead atoms. The van der Waals surface area contributed by atoms with Gasteiger partial charge in [0, 0.05) is 5.39 Å². The number of hydrogen-bond acceptors (Lipinski definition) is 1. The van der Waals surface area contributed by atoms with Crippen LogP contribution in [-0.4, -0.2) is 7.11 Å². The van der Waals surface area contributed by atoms with E-state index in [1.807, 2.05) is 24.3 Å². The molecule has 0 spiro atoms. The van der Waals surface area contributed by atoms with Crippen molar-refractivity contribution >= 4 is 21.5 Å². The highest BCUT2D eigenvalue weighted by molar-refractivity contribution is 6.00. The molecule has 1 nitrogen and oxygen atoms in total. The third kappa shape index (κ3) is 1.33. The molecule has 0 aliphatic heterocycles. The van der Waals surface area contributed by atoms with Crippen LogP contribution < -0.4 is 4.74 Å². The molecule has 0 atom stereocenters. The topological polar surface area (TPSA) is 9.23 Å². The zero-order chi connectivity index (χ0) is 11.0. The van der Waals surface area contributed by atoms with Gasteiger partial charge in [-0.3, -0.25) is 0 Å². The summed E-state index contributed by atoms with van der Waals surface area (Å²) < 4.78 is 5.37. The zero-order valence-electron chi connectivity index (χ0n) is 9.03. The number of rotatable bonds is 1. The molecule has 77 valence electrons. The fourth-order valence-corrected chi connectivity index (χ4v) is 2.05. The van der Waals surface area contributed by atoms with Crippen LogP contribution in [0.25, 0.3) is 21.5 Å². The van der Waals surface area contributed by atoms with Gasteiger partial charge in [-0.2, -0.15) is 0 Å². The molecule has 3 aromatic carbocycles. The van der Waals surface area contributed by atoms with Gasteiger partial charge < -0.3 is 4.74 Å². The van der Waals surface area contributed by atoms with Crippen LogP contribution >= 0.6 is 0 Å². The van der Waals surface area contributed by atoms with E-state index in [4.69, 9.17) is 4.74 Å². The van der Waals surface area contributed by atoms with Crippen LogP contribution in [0.1, 0.15) is 0 Å². The fraction of sp³-hybridized carbons (Fsp3) is 0.0667. The predicted octanol–water partition coefficient (Wildman–Crippen LogP) is 3.80. The van der Waals surface area contributed by atoms with Crippen molar-refractivity contribution in [3.8, 4) is 5.75 Å².